The summed E-state index contributed by atoms with van der Waals surface area (Å²) in [6.07, 6.45) is 7.63. The highest BCUT2D eigenvalue weighted by Gasteiger charge is 2.26. The molecule has 2 bridgehead atoms. The van der Waals surface area contributed by atoms with E-state index in [0.29, 0.717) is 18.1 Å². The Kier molecular flexibility index (Phi) is 9.59. The zero-order valence-corrected chi connectivity index (χ0v) is 22.2. The van der Waals surface area contributed by atoms with Gasteiger partial charge in [0.2, 0.25) is 10.0 Å². The van der Waals surface area contributed by atoms with Crippen molar-refractivity contribution in [3.63, 3.8) is 0 Å². The monoisotopic (exact) mass is 545 g/mol. The second kappa shape index (κ2) is 13.1. The maximum Gasteiger partial charge on any atom is 0.417 e. The van der Waals surface area contributed by atoms with Crippen molar-refractivity contribution in [1.29, 1.82) is 0 Å². The van der Waals surface area contributed by atoms with Crippen molar-refractivity contribution in [2.24, 2.45) is 0 Å². The van der Waals surface area contributed by atoms with Gasteiger partial charge in [-0.2, -0.15) is 4.31 Å². The van der Waals surface area contributed by atoms with Crippen molar-refractivity contribution in [2.75, 3.05) is 32.8 Å². The predicted octanol–water partition coefficient (Wildman–Crippen LogP) is 3.47. The number of hydrogen-bond donors (Lipinski definition) is 2. The summed E-state index contributed by atoms with van der Waals surface area (Å²) in [6, 6.07) is 13.2. The predicted molar refractivity (Wildman–Crippen MR) is 143 cm³/mol. The minimum Gasteiger partial charge on any atom is -0.492 e. The largest absolute Gasteiger partial charge is 0.492 e. The molecule has 2 N–H and O–H groups in total. The lowest BCUT2D eigenvalue weighted by molar-refractivity contribution is -0.122. The van der Waals surface area contributed by atoms with Crippen LogP contribution in [0.1, 0.15) is 44.1 Å². The Bertz CT molecular complexity index is 1370. The number of H-pyrrole nitrogens is 1. The number of carbonyl (C=O) groups is 1. The van der Waals surface area contributed by atoms with Gasteiger partial charge in [-0.05, 0) is 81.4 Å². The number of nitrogens with one attached hydrogen (secondary N) is 1. The zero-order chi connectivity index (χ0) is 27.0. The van der Waals surface area contributed by atoms with Crippen molar-refractivity contribution in [2.45, 2.75) is 55.9 Å². The highest BCUT2D eigenvalue weighted by Crippen LogP contribution is 2.25. The van der Waals surface area contributed by atoms with E-state index in [9.17, 15) is 13.2 Å². The molecule has 3 aromatic rings. The molecular formula is C27H35N3O7S. The quantitative estimate of drug-likeness (QED) is 0.468. The molecule has 2 aliphatic rings. The summed E-state index contributed by atoms with van der Waals surface area (Å²) in [5, 5.41) is 6.89. The van der Waals surface area contributed by atoms with Gasteiger partial charge in [-0.25, -0.2) is 13.2 Å². The van der Waals surface area contributed by atoms with Gasteiger partial charge in [0, 0.05) is 25.2 Å². The van der Waals surface area contributed by atoms with Gasteiger partial charge in [0.1, 0.15) is 12.4 Å². The number of aromatic amines is 1. The summed E-state index contributed by atoms with van der Waals surface area (Å²) in [5.74, 6) is 0.168. The van der Waals surface area contributed by atoms with Crippen LogP contribution in [-0.4, -0.2) is 73.0 Å². The fourth-order valence-electron chi connectivity index (χ4n) is 5.26. The highest BCUT2D eigenvalue weighted by molar-refractivity contribution is 7.89. The van der Waals surface area contributed by atoms with Gasteiger partial charge in [0.15, 0.2) is 5.58 Å². The van der Waals surface area contributed by atoms with Crippen LogP contribution in [0, 0.1) is 0 Å². The number of benzene rings is 2. The van der Waals surface area contributed by atoms with E-state index in [1.165, 1.54) is 41.3 Å². The minimum absolute atomic E-state index is 0.115. The number of hydrogen-bond acceptors (Lipinski definition) is 7. The lowest BCUT2D eigenvalue weighted by Gasteiger charge is -2.36. The van der Waals surface area contributed by atoms with Crippen molar-refractivity contribution in [3.8, 4) is 5.75 Å². The molecular weight excluding hydrogens is 510 g/mol. The van der Waals surface area contributed by atoms with Crippen LogP contribution >= 0.6 is 0 Å². The standard InChI is InChI=1S/C26H33N3O5S.CH2O2/c30-26-27-24-12-11-23(19-25(24)34-26)35(31,32)29-15-4-3-14-28-13-2-1-7-21(28)10-9-20-6-5-8-22(18-20)33-17-16-29;2-1-3/h5-6,8,11-12,18-19,21H,1-4,7,9-10,13-17H2,(H,27,30);1H,(H,2,3). The molecule has 206 valence electrons. The topological polar surface area (TPSA) is 133 Å². The summed E-state index contributed by atoms with van der Waals surface area (Å²) in [6.45, 7) is 2.79. The van der Waals surface area contributed by atoms with Crippen LogP contribution in [0.15, 0.2) is 56.6 Å². The maximum absolute atomic E-state index is 13.6. The van der Waals surface area contributed by atoms with Crippen molar-refractivity contribution in [3.05, 3.63) is 58.6 Å². The molecule has 2 aromatic carbocycles. The molecule has 0 amide bonds. The summed E-state index contributed by atoms with van der Waals surface area (Å²) in [4.78, 5) is 25.1. The molecule has 1 atom stereocenters. The van der Waals surface area contributed by atoms with Gasteiger partial charge in [-0.1, -0.05) is 18.6 Å². The van der Waals surface area contributed by atoms with E-state index in [4.69, 9.17) is 19.1 Å². The van der Waals surface area contributed by atoms with E-state index in [2.05, 4.69) is 22.0 Å². The van der Waals surface area contributed by atoms with Gasteiger partial charge >= 0.3 is 5.76 Å². The Labute approximate surface area is 222 Å². The van der Waals surface area contributed by atoms with Gasteiger partial charge in [0.05, 0.1) is 10.4 Å². The van der Waals surface area contributed by atoms with E-state index in [1.54, 1.807) is 6.07 Å². The Morgan fingerprint density at radius 3 is 2.55 bits per heavy atom. The minimum atomic E-state index is -3.79. The number of piperidine rings is 1. The van der Waals surface area contributed by atoms with E-state index in [-0.39, 0.29) is 30.1 Å². The van der Waals surface area contributed by atoms with Crippen LogP contribution in [-0.2, 0) is 21.2 Å². The Hall–Kier alpha value is -3.15. The highest BCUT2D eigenvalue weighted by atomic mass is 32.2. The van der Waals surface area contributed by atoms with Gasteiger partial charge in [-0.15, -0.1) is 0 Å². The number of rotatable bonds is 2. The number of aryl methyl sites for hydroxylation is 1. The number of oxazole rings is 1. The zero-order valence-electron chi connectivity index (χ0n) is 21.4. The fraction of sp³-hybridized carbons (Fsp3) is 0.481. The lowest BCUT2D eigenvalue weighted by Crippen LogP contribution is -2.40. The van der Waals surface area contributed by atoms with E-state index < -0.39 is 15.8 Å². The molecule has 2 aliphatic heterocycles. The maximum atomic E-state index is 13.6. The first-order valence-electron chi connectivity index (χ1n) is 13.1. The Morgan fingerprint density at radius 1 is 0.974 bits per heavy atom. The summed E-state index contributed by atoms with van der Waals surface area (Å²) in [7, 11) is -3.79. The van der Waals surface area contributed by atoms with Crippen LogP contribution in [0.5, 0.6) is 5.75 Å². The lowest BCUT2D eigenvalue weighted by atomic mass is 9.95. The molecule has 5 rings (SSSR count). The molecule has 0 spiro atoms. The van der Waals surface area contributed by atoms with E-state index >= 15 is 0 Å². The number of sulfonamides is 1. The molecule has 1 aromatic heterocycles. The molecule has 1 fully saturated rings. The fourth-order valence-corrected chi connectivity index (χ4v) is 6.74. The second-order valence-corrected chi connectivity index (χ2v) is 11.5. The van der Waals surface area contributed by atoms with Gasteiger partial charge < -0.3 is 19.2 Å². The van der Waals surface area contributed by atoms with Crippen molar-refractivity contribution in [1.82, 2.24) is 14.2 Å². The normalized spacial score (nSPS) is 20.2. The second-order valence-electron chi connectivity index (χ2n) is 9.61. The number of carboxylic acid groups (broad SMARTS) is 1. The number of fused-ring (bicyclic) bond motifs is 4. The third-order valence-electron chi connectivity index (χ3n) is 7.16. The Morgan fingerprint density at radius 2 is 1.74 bits per heavy atom. The van der Waals surface area contributed by atoms with E-state index in [1.807, 2.05) is 12.1 Å². The summed E-state index contributed by atoms with van der Waals surface area (Å²) >= 11 is 0. The average molecular weight is 546 g/mol. The van der Waals surface area contributed by atoms with Crippen molar-refractivity contribution >= 4 is 27.6 Å². The number of aromatic nitrogens is 1. The smallest absolute Gasteiger partial charge is 0.417 e. The van der Waals surface area contributed by atoms with Crippen LogP contribution < -0.4 is 10.5 Å². The van der Waals surface area contributed by atoms with Crippen LogP contribution in [0.25, 0.3) is 11.1 Å². The number of nitrogens with zero attached hydrogens (tertiary/aromatic N) is 2. The molecule has 38 heavy (non-hydrogen) atoms. The third-order valence-corrected chi connectivity index (χ3v) is 9.05. The molecule has 0 saturated carbocycles. The summed E-state index contributed by atoms with van der Waals surface area (Å²) < 4.78 is 39.7. The van der Waals surface area contributed by atoms with Gasteiger partial charge in [0.25, 0.3) is 6.47 Å². The Balaban J connectivity index is 0.00000107. The summed E-state index contributed by atoms with van der Waals surface area (Å²) in [5.41, 5.74) is 1.97. The first kappa shape index (κ1) is 27.9. The molecule has 0 radical (unpaired) electrons. The third kappa shape index (κ3) is 7.03. The molecule has 0 aliphatic carbocycles. The molecule has 11 heteroatoms. The van der Waals surface area contributed by atoms with Crippen LogP contribution in [0.2, 0.25) is 0 Å². The first-order valence-corrected chi connectivity index (χ1v) is 14.5. The number of ether oxygens (including phenoxy) is 1. The van der Waals surface area contributed by atoms with E-state index in [0.717, 1.165) is 44.5 Å². The van der Waals surface area contributed by atoms with Crippen LogP contribution in [0.4, 0.5) is 0 Å². The van der Waals surface area contributed by atoms with Crippen LogP contribution in [0.3, 0.4) is 0 Å². The molecule has 1 unspecified atom stereocenters. The first-order chi connectivity index (χ1) is 18.4. The van der Waals surface area contributed by atoms with Gasteiger partial charge in [-0.3, -0.25) is 9.78 Å². The molecule has 1 saturated heterocycles. The van der Waals surface area contributed by atoms with Crippen molar-refractivity contribution < 1.29 is 27.5 Å². The molecule has 10 nitrogen and oxygen atoms in total. The molecule has 3 heterocycles. The SMILES string of the molecule is O=CO.O=c1[nH]c2ccc(S(=O)(=O)N3CCCCN4CCCCC4CCc4cccc(c4)OCC3)cc2o1. The average Bonchev–Trinajstić information content (AvgIpc) is 3.28.